The number of aliphatic hydroxyl groups is 9. The fraction of sp³-hybridized carbons (Fsp3) is 0.909. The minimum Gasteiger partial charge on any atom is -0.432 e. The highest BCUT2D eigenvalue weighted by Crippen LogP contribution is 2.76. The SMILES string of the molecule is CC1O[C@@H](OC2C(O)[C@@H](NC(=O)CCCCCCCN)C(CO)O[C@H]2OC(=O)[C@]23CCC(C)(C)CC2C2=CCC4C5(C)CC[C@H](O)[C@](C)(C=O)[C@@H]5CC[C@]4(C)[C@]2(C)CC3O)C(O)C(O)[C@H]1O[C@@H]1OC[C@@H](O)C(O)C1O. The van der Waals surface area contributed by atoms with E-state index in [1.54, 1.807) is 0 Å². The molecule has 20 nitrogen and oxygen atoms in total. The number of carbonyl (C=O) groups excluding carboxylic acids is 3. The molecule has 7 fully saturated rings. The van der Waals surface area contributed by atoms with Crippen molar-refractivity contribution >= 4 is 18.2 Å². The Kier molecular flexibility index (Phi) is 17.6. The average molecular weight is 1070 g/mol. The second-order valence-corrected chi connectivity index (χ2v) is 25.7. The molecule has 3 aliphatic heterocycles. The Bertz CT molecular complexity index is 2070. The minimum absolute atomic E-state index is 0.0373. The zero-order valence-electron chi connectivity index (χ0n) is 45.1. The lowest BCUT2D eigenvalue weighted by Crippen LogP contribution is -2.69. The summed E-state index contributed by atoms with van der Waals surface area (Å²) in [5.74, 6) is -1.69. The van der Waals surface area contributed by atoms with E-state index in [1.165, 1.54) is 6.92 Å². The molecular formula is C55H90N2O18. The van der Waals surface area contributed by atoms with Crippen molar-refractivity contribution in [2.45, 2.75) is 243 Å². The summed E-state index contributed by atoms with van der Waals surface area (Å²) in [6.07, 6.45) is -10.6. The van der Waals surface area contributed by atoms with Crippen molar-refractivity contribution in [2.75, 3.05) is 19.8 Å². The van der Waals surface area contributed by atoms with Crippen LogP contribution < -0.4 is 11.1 Å². The fourth-order valence-electron chi connectivity index (χ4n) is 16.0. The molecule has 3 heterocycles. The van der Waals surface area contributed by atoms with Gasteiger partial charge in [-0.05, 0) is 124 Å². The van der Waals surface area contributed by atoms with E-state index in [0.29, 0.717) is 38.6 Å². The quantitative estimate of drug-likeness (QED) is 0.0450. The summed E-state index contributed by atoms with van der Waals surface area (Å²) in [6.45, 7) is 13.9. The van der Waals surface area contributed by atoms with Crippen LogP contribution in [-0.4, -0.2) is 182 Å². The van der Waals surface area contributed by atoms with Gasteiger partial charge in [0.1, 0.15) is 60.5 Å². The zero-order chi connectivity index (χ0) is 54.8. The van der Waals surface area contributed by atoms with Crippen LogP contribution in [0.3, 0.4) is 0 Å². The smallest absolute Gasteiger partial charge is 0.317 e. The van der Waals surface area contributed by atoms with Crippen LogP contribution >= 0.6 is 0 Å². The van der Waals surface area contributed by atoms with Gasteiger partial charge < -0.3 is 90.2 Å². The van der Waals surface area contributed by atoms with Crippen molar-refractivity contribution < 1.29 is 88.8 Å². The molecule has 8 rings (SSSR count). The number of amides is 1. The van der Waals surface area contributed by atoms with Gasteiger partial charge in [-0.15, -0.1) is 0 Å². The molecule has 20 heteroatoms. The number of aliphatic hydroxyl groups excluding tert-OH is 9. The molecule has 0 aromatic heterocycles. The van der Waals surface area contributed by atoms with Gasteiger partial charge in [0.2, 0.25) is 12.2 Å². The zero-order valence-corrected chi connectivity index (χ0v) is 45.1. The van der Waals surface area contributed by atoms with Crippen LogP contribution in [0.4, 0.5) is 0 Å². The lowest BCUT2D eigenvalue weighted by molar-refractivity contribution is -0.370. The molecule has 0 bridgehead atoms. The van der Waals surface area contributed by atoms with E-state index < -0.39 is 139 Å². The molecule has 0 radical (unpaired) electrons. The summed E-state index contributed by atoms with van der Waals surface area (Å²) in [5.41, 5.74) is 2.83. The highest BCUT2D eigenvalue weighted by atomic mass is 16.8. The summed E-state index contributed by atoms with van der Waals surface area (Å²) >= 11 is 0. The Hall–Kier alpha value is -2.25. The number of allylic oxidation sites excluding steroid dienone is 2. The highest BCUT2D eigenvalue weighted by molar-refractivity contribution is 5.80. The lowest BCUT2D eigenvalue weighted by atomic mass is 9.33. The Morgan fingerprint density at radius 1 is 0.760 bits per heavy atom. The third kappa shape index (κ3) is 10.2. The van der Waals surface area contributed by atoms with Crippen molar-refractivity contribution in [1.82, 2.24) is 5.32 Å². The van der Waals surface area contributed by atoms with Gasteiger partial charge in [0.15, 0.2) is 18.7 Å². The van der Waals surface area contributed by atoms with Gasteiger partial charge in [-0.3, -0.25) is 9.59 Å². The van der Waals surface area contributed by atoms with Crippen LogP contribution in [0.1, 0.15) is 145 Å². The highest BCUT2D eigenvalue weighted by Gasteiger charge is 2.72. The first-order valence-corrected chi connectivity index (χ1v) is 27.9. The molecule has 4 saturated carbocycles. The van der Waals surface area contributed by atoms with Crippen molar-refractivity contribution in [3.05, 3.63) is 11.6 Å². The second kappa shape index (κ2) is 22.4. The maximum atomic E-state index is 15.6. The first-order valence-electron chi connectivity index (χ1n) is 27.9. The third-order valence-electron chi connectivity index (χ3n) is 20.8. The van der Waals surface area contributed by atoms with Crippen LogP contribution in [0.15, 0.2) is 11.6 Å². The number of rotatable bonds is 16. The van der Waals surface area contributed by atoms with Gasteiger partial charge in [-0.25, -0.2) is 0 Å². The van der Waals surface area contributed by atoms with Crippen LogP contribution in [0.25, 0.3) is 0 Å². The van der Waals surface area contributed by atoms with Gasteiger partial charge >= 0.3 is 5.97 Å². The van der Waals surface area contributed by atoms with Crippen molar-refractivity contribution in [1.29, 1.82) is 0 Å². The fourth-order valence-corrected chi connectivity index (χ4v) is 16.0. The number of ether oxygens (including phenoxy) is 6. The molecular weight excluding hydrogens is 977 g/mol. The van der Waals surface area contributed by atoms with Gasteiger partial charge in [-0.2, -0.15) is 0 Å². The topological polar surface area (TPSA) is 327 Å². The summed E-state index contributed by atoms with van der Waals surface area (Å²) in [5, 5.41) is 104. The first kappa shape index (κ1) is 58.9. The predicted molar refractivity (Wildman–Crippen MR) is 267 cm³/mol. The van der Waals surface area contributed by atoms with E-state index in [4.69, 9.17) is 34.2 Å². The molecule has 3 saturated heterocycles. The minimum atomic E-state index is -1.93. The van der Waals surface area contributed by atoms with Crippen LogP contribution in [-0.2, 0) is 42.8 Å². The number of unbranched alkanes of at least 4 members (excludes halogenated alkanes) is 4. The molecule has 0 aromatic carbocycles. The molecule has 12 N–H and O–H groups in total. The van der Waals surface area contributed by atoms with E-state index >= 15 is 4.79 Å². The van der Waals surface area contributed by atoms with Gasteiger partial charge in [-0.1, -0.05) is 72.5 Å². The molecule has 75 heavy (non-hydrogen) atoms. The number of hydrogen-bond donors (Lipinski definition) is 11. The Balaban J connectivity index is 1.09. The molecule has 0 spiro atoms. The second-order valence-electron chi connectivity index (χ2n) is 25.7. The largest absolute Gasteiger partial charge is 0.432 e. The summed E-state index contributed by atoms with van der Waals surface area (Å²) in [6, 6.07) is -1.33. The molecule has 1 amide bonds. The van der Waals surface area contributed by atoms with Crippen molar-refractivity contribution in [2.24, 2.45) is 56.0 Å². The van der Waals surface area contributed by atoms with E-state index in [2.05, 4.69) is 46.0 Å². The van der Waals surface area contributed by atoms with E-state index in [1.807, 2.05) is 6.92 Å². The van der Waals surface area contributed by atoms with Gasteiger partial charge in [0.05, 0.1) is 43.0 Å². The van der Waals surface area contributed by atoms with E-state index in [9.17, 15) is 55.5 Å². The molecule has 12 unspecified atom stereocenters. The van der Waals surface area contributed by atoms with Crippen LogP contribution in [0, 0.1) is 50.2 Å². The number of esters is 1. The Morgan fingerprint density at radius 2 is 1.44 bits per heavy atom. The van der Waals surface area contributed by atoms with Crippen LogP contribution in [0.2, 0.25) is 0 Å². The molecule has 24 atom stereocenters. The Labute approximate surface area is 441 Å². The number of nitrogens with two attached hydrogens (primary N) is 1. The van der Waals surface area contributed by atoms with Crippen molar-refractivity contribution in [3.63, 3.8) is 0 Å². The standard InChI is InChI=1S/C55H90N2O18/c1-28-44(73-46-42(67)39(64)31(60)26-70-46)41(66)43(68)47(71-28)74-45-40(65)38(57-37(63)13-11-9-8-10-12-22-56)32(25-58)72-48(45)75-49(69)55-21-20-50(2,3)23-30(55)29-14-15-34-51(4)18-17-35(61)52(5,27-59)33(51)16-19-53(34,6)54(29,7)24-36(55)62/h14,27-28,30-36,38-48,58,60-62,64-68H,8-13,15-26,56H2,1-7H3,(H,57,63)/t28?,30?,31-,32?,33-,34?,35+,36?,38+,39?,40?,41?,42?,43?,44+,45?,46+,47+,48+,51?,52-,53+,54-,55-/m1/s1. The van der Waals surface area contributed by atoms with Gasteiger partial charge in [0.25, 0.3) is 0 Å². The number of fused-ring (bicyclic) bond motifs is 7. The van der Waals surface area contributed by atoms with E-state index in [-0.39, 0.29) is 54.0 Å². The number of hydrogen-bond acceptors (Lipinski definition) is 19. The molecule has 5 aliphatic carbocycles. The maximum Gasteiger partial charge on any atom is 0.317 e. The molecule has 8 aliphatic rings. The first-order chi connectivity index (χ1) is 35.3. The van der Waals surface area contributed by atoms with E-state index in [0.717, 1.165) is 56.8 Å². The number of carbonyl (C=O) groups is 3. The summed E-state index contributed by atoms with van der Waals surface area (Å²) < 4.78 is 36.4. The van der Waals surface area contributed by atoms with Gasteiger partial charge in [0, 0.05) is 6.42 Å². The normalized spacial score (nSPS) is 49.5. The van der Waals surface area contributed by atoms with Crippen LogP contribution in [0.5, 0.6) is 0 Å². The molecule has 428 valence electrons. The predicted octanol–water partition coefficient (Wildman–Crippen LogP) is 1.38. The Morgan fingerprint density at radius 3 is 2.13 bits per heavy atom. The van der Waals surface area contributed by atoms with Crippen molar-refractivity contribution in [3.8, 4) is 0 Å². The number of nitrogens with one attached hydrogen (secondary N) is 1. The molecule has 0 aromatic rings. The monoisotopic (exact) mass is 1070 g/mol. The summed E-state index contributed by atoms with van der Waals surface area (Å²) in [7, 11) is 0. The average Bonchev–Trinajstić information content (AvgIpc) is 3.36. The maximum absolute atomic E-state index is 15.6. The summed E-state index contributed by atoms with van der Waals surface area (Å²) in [4.78, 5) is 41.9. The lowest BCUT2D eigenvalue weighted by Gasteiger charge is -2.71. The number of aldehydes is 1. The third-order valence-corrected chi connectivity index (χ3v) is 20.8.